The van der Waals surface area contributed by atoms with Crippen molar-refractivity contribution >= 4 is 34.3 Å². The molecule has 0 radical (unpaired) electrons. The molecule has 1 N–H and O–H groups in total. The minimum Gasteiger partial charge on any atom is -0.465 e. The van der Waals surface area contributed by atoms with Gasteiger partial charge in [-0.25, -0.2) is 0 Å². The Kier molecular flexibility index (Phi) is 8.45. The van der Waals surface area contributed by atoms with Crippen molar-refractivity contribution in [2.24, 2.45) is 17.0 Å². The molecule has 0 saturated carbocycles. The monoisotopic (exact) mass is 425 g/mol. The molecule has 0 aromatic heterocycles. The van der Waals surface area contributed by atoms with E-state index in [9.17, 15) is 19.6 Å². The van der Waals surface area contributed by atoms with Crippen molar-refractivity contribution in [3.05, 3.63) is 4.91 Å². The van der Waals surface area contributed by atoms with Gasteiger partial charge in [0.1, 0.15) is 11.8 Å². The zero-order valence-electron chi connectivity index (χ0n) is 13.0. The number of rotatable bonds is 1. The highest BCUT2D eigenvalue weighted by atomic mass is 127. The number of alkyl halides is 1. The van der Waals surface area contributed by atoms with E-state index in [1.165, 1.54) is 0 Å². The topological polar surface area (TPSA) is 93.0 Å². The molecule has 0 amide bonds. The summed E-state index contributed by atoms with van der Waals surface area (Å²) in [6.45, 7) is 3.39. The molecule has 1 fully saturated rings. The van der Waals surface area contributed by atoms with Crippen LogP contribution in [-0.2, 0) is 14.3 Å². The van der Waals surface area contributed by atoms with Crippen LogP contribution in [0.25, 0.3) is 0 Å². The van der Waals surface area contributed by atoms with Gasteiger partial charge in [0.15, 0.2) is 0 Å². The van der Waals surface area contributed by atoms with Gasteiger partial charge in [0.05, 0.1) is 18.6 Å². The van der Waals surface area contributed by atoms with Crippen molar-refractivity contribution in [1.29, 1.82) is 0 Å². The van der Waals surface area contributed by atoms with Crippen LogP contribution >= 0.6 is 22.6 Å². The molecule has 1 saturated heterocycles. The molecule has 126 valence electrons. The molecule has 0 aromatic rings. The van der Waals surface area contributed by atoms with Gasteiger partial charge < -0.3 is 9.84 Å². The first-order valence-electron chi connectivity index (χ1n) is 7.72. The van der Waals surface area contributed by atoms with Crippen LogP contribution in [0.4, 0.5) is 0 Å². The van der Waals surface area contributed by atoms with Crippen LogP contribution in [-0.4, -0.2) is 39.5 Å². The predicted molar refractivity (Wildman–Crippen MR) is 90.8 cm³/mol. The Morgan fingerprint density at radius 2 is 1.86 bits per heavy atom. The predicted octanol–water partition coefficient (Wildman–Crippen LogP) is 2.63. The molecule has 0 bridgehead atoms. The number of aliphatic hydroxyl groups is 1. The Morgan fingerprint density at radius 1 is 1.18 bits per heavy atom. The highest BCUT2D eigenvalue weighted by Crippen LogP contribution is 2.23. The first-order chi connectivity index (χ1) is 10.4. The van der Waals surface area contributed by atoms with Gasteiger partial charge in [-0.05, 0) is 19.8 Å². The molecule has 1 aliphatic rings. The Balaban J connectivity index is 2.77. The number of ether oxygens (including phenoxy) is 1. The molecule has 5 atom stereocenters. The van der Waals surface area contributed by atoms with E-state index in [1.54, 1.807) is 13.8 Å². The van der Waals surface area contributed by atoms with Gasteiger partial charge in [0.2, 0.25) is 0 Å². The molecule has 0 aromatic carbocycles. The van der Waals surface area contributed by atoms with E-state index in [4.69, 9.17) is 4.74 Å². The summed E-state index contributed by atoms with van der Waals surface area (Å²) in [5.41, 5.74) is 0. The molecule has 0 spiro atoms. The van der Waals surface area contributed by atoms with E-state index in [0.29, 0.717) is 6.42 Å². The van der Waals surface area contributed by atoms with Crippen molar-refractivity contribution in [1.82, 2.24) is 0 Å². The Morgan fingerprint density at radius 3 is 2.50 bits per heavy atom. The normalized spacial score (nSPS) is 36.3. The number of hydrogen-bond acceptors (Lipinski definition) is 6. The Labute approximate surface area is 144 Å². The molecule has 1 aliphatic heterocycles. The van der Waals surface area contributed by atoms with Gasteiger partial charge in [-0.15, -0.1) is 0 Å². The van der Waals surface area contributed by atoms with Gasteiger partial charge >= 0.3 is 5.97 Å². The van der Waals surface area contributed by atoms with Gasteiger partial charge in [-0.1, -0.05) is 41.1 Å². The Bertz CT molecular complexity index is 403. The lowest BCUT2D eigenvalue weighted by molar-refractivity contribution is -0.151. The maximum absolute atomic E-state index is 12.1. The summed E-state index contributed by atoms with van der Waals surface area (Å²) in [6.07, 6.45) is 2.13. The third-order valence-corrected chi connectivity index (χ3v) is 5.65. The summed E-state index contributed by atoms with van der Waals surface area (Å²) in [7, 11) is 0. The lowest BCUT2D eigenvalue weighted by Gasteiger charge is -2.24. The van der Waals surface area contributed by atoms with Crippen molar-refractivity contribution in [2.75, 3.05) is 6.61 Å². The molecule has 6 nitrogen and oxygen atoms in total. The number of nitroso groups, excluding NO2 is 1. The second-order valence-corrected chi connectivity index (χ2v) is 7.52. The smallest absolute Gasteiger partial charge is 0.311 e. The van der Waals surface area contributed by atoms with E-state index >= 15 is 0 Å². The molecule has 7 heteroatoms. The lowest BCUT2D eigenvalue weighted by atomic mass is 9.91. The highest BCUT2D eigenvalue weighted by molar-refractivity contribution is 14.1. The molecule has 1 heterocycles. The quantitative estimate of drug-likeness (QED) is 0.302. The van der Waals surface area contributed by atoms with Gasteiger partial charge in [-0.3, -0.25) is 9.59 Å². The number of carbonyl (C=O) groups is 2. The molecule has 1 rings (SSSR count). The van der Waals surface area contributed by atoms with Crippen LogP contribution < -0.4 is 0 Å². The first kappa shape index (κ1) is 19.5. The molecular weight excluding hydrogens is 401 g/mol. The fraction of sp³-hybridized carbons (Fsp3) is 0.867. The summed E-state index contributed by atoms with van der Waals surface area (Å²) in [5.74, 6) is -1.51. The van der Waals surface area contributed by atoms with Crippen molar-refractivity contribution < 1.29 is 19.4 Å². The zero-order chi connectivity index (χ0) is 16.7. The van der Waals surface area contributed by atoms with Crippen LogP contribution in [0, 0.1) is 16.7 Å². The zero-order valence-corrected chi connectivity index (χ0v) is 15.2. The minimum atomic E-state index is -0.773. The molecular formula is C15H24INO5. The van der Waals surface area contributed by atoms with Gasteiger partial charge in [0.25, 0.3) is 0 Å². The van der Waals surface area contributed by atoms with Crippen LogP contribution in [0.2, 0.25) is 0 Å². The van der Waals surface area contributed by atoms with Crippen molar-refractivity contribution in [2.45, 2.75) is 62.0 Å². The van der Waals surface area contributed by atoms with Gasteiger partial charge in [-0.2, -0.15) is 4.91 Å². The largest absolute Gasteiger partial charge is 0.465 e. The average molecular weight is 425 g/mol. The number of aliphatic hydroxyl groups excluding tert-OH is 1. The summed E-state index contributed by atoms with van der Waals surface area (Å²) in [4.78, 5) is 34.9. The van der Waals surface area contributed by atoms with Crippen LogP contribution in [0.15, 0.2) is 5.18 Å². The highest BCUT2D eigenvalue weighted by Gasteiger charge is 2.30. The number of Topliss-reactive ketones (excluding diaryl/α,β-unsaturated/α-hetero) is 1. The third-order valence-electron chi connectivity index (χ3n) is 4.29. The van der Waals surface area contributed by atoms with E-state index in [1.807, 2.05) is 0 Å². The van der Waals surface area contributed by atoms with Crippen molar-refractivity contribution in [3.63, 3.8) is 0 Å². The Hall–Kier alpha value is -0.570. The number of cyclic esters (lactones) is 1. The number of esters is 1. The lowest BCUT2D eigenvalue weighted by Crippen LogP contribution is -2.35. The fourth-order valence-electron chi connectivity index (χ4n) is 2.51. The van der Waals surface area contributed by atoms with E-state index < -0.39 is 30.0 Å². The maximum Gasteiger partial charge on any atom is 0.311 e. The van der Waals surface area contributed by atoms with Gasteiger partial charge in [0, 0.05) is 22.7 Å². The van der Waals surface area contributed by atoms with Crippen LogP contribution in [0.1, 0.15) is 46.0 Å². The maximum atomic E-state index is 12.1. The summed E-state index contributed by atoms with van der Waals surface area (Å²) in [5, 5.41) is 13.2. The van der Waals surface area contributed by atoms with E-state index in [-0.39, 0.29) is 22.7 Å². The molecule has 22 heavy (non-hydrogen) atoms. The van der Waals surface area contributed by atoms with Crippen molar-refractivity contribution in [3.8, 4) is 0 Å². The molecule has 0 aliphatic carbocycles. The standard InChI is InChI=1S/C15H24INO5/c1-9-12(17-21)7-8-22-15(20)10(2)14(19)11(16)5-3-4-6-13(9)18/h9-12,14,19H,3-8H2,1-2H3/t9-,10-,11-,12+,14-/m1/s1. The van der Waals surface area contributed by atoms with E-state index in [2.05, 4.69) is 27.8 Å². The second-order valence-electron chi connectivity index (χ2n) is 5.92. The number of nitrogens with zero attached hydrogens (tertiary/aromatic N) is 1. The SMILES string of the molecule is C[C@H]1C(=O)OCC[C@H](N=O)[C@@H](C)C(=O)CCCC[C@@H](I)[C@@H]1O. The number of carbonyl (C=O) groups excluding carboxylic acids is 2. The van der Waals surface area contributed by atoms with Crippen LogP contribution in [0.3, 0.4) is 0 Å². The third kappa shape index (κ3) is 5.57. The average Bonchev–Trinajstić information content (AvgIpc) is 2.51. The van der Waals surface area contributed by atoms with Crippen LogP contribution in [0.5, 0.6) is 0 Å². The summed E-state index contributed by atoms with van der Waals surface area (Å²) >= 11 is 2.14. The first-order valence-corrected chi connectivity index (χ1v) is 8.97. The second kappa shape index (κ2) is 9.54. The number of ketones is 1. The fourth-order valence-corrected chi connectivity index (χ4v) is 3.57. The number of halogens is 1. The minimum absolute atomic E-state index is 0.0203. The van der Waals surface area contributed by atoms with E-state index in [0.717, 1.165) is 19.3 Å². The summed E-state index contributed by atoms with van der Waals surface area (Å²) < 4.78 is 5.07. The molecule has 0 unspecified atom stereocenters. The number of hydrogen-bond donors (Lipinski definition) is 1. The summed E-state index contributed by atoms with van der Waals surface area (Å²) in [6, 6.07) is -0.666.